The SMILES string of the molecule is COC(=O)C(O)NC(=O)NC(C(=O)OC)c1ccc(O)cc1. The van der Waals surface area contributed by atoms with Crippen molar-refractivity contribution in [3.8, 4) is 5.75 Å². The Morgan fingerprint density at radius 3 is 2.05 bits per heavy atom. The minimum absolute atomic E-state index is 0.0158. The first-order valence-corrected chi connectivity index (χ1v) is 6.08. The van der Waals surface area contributed by atoms with Gasteiger partial charge in [-0.25, -0.2) is 14.4 Å². The average Bonchev–Trinajstić information content (AvgIpc) is 2.51. The molecule has 1 rings (SSSR count). The molecule has 2 atom stereocenters. The van der Waals surface area contributed by atoms with Gasteiger partial charge < -0.3 is 30.3 Å². The topological polar surface area (TPSA) is 134 Å². The summed E-state index contributed by atoms with van der Waals surface area (Å²) in [6.45, 7) is 0. The second kappa shape index (κ2) is 7.84. The van der Waals surface area contributed by atoms with Crippen molar-refractivity contribution in [2.45, 2.75) is 12.3 Å². The van der Waals surface area contributed by atoms with Crippen molar-refractivity contribution in [2.24, 2.45) is 0 Å². The van der Waals surface area contributed by atoms with E-state index < -0.39 is 30.2 Å². The lowest BCUT2D eigenvalue weighted by Crippen LogP contribution is -2.48. The highest BCUT2D eigenvalue weighted by Gasteiger charge is 2.26. The monoisotopic (exact) mass is 312 g/mol. The van der Waals surface area contributed by atoms with Gasteiger partial charge in [0.15, 0.2) is 6.04 Å². The molecule has 0 saturated carbocycles. The summed E-state index contributed by atoms with van der Waals surface area (Å²) in [6, 6.07) is 3.31. The Hall–Kier alpha value is -2.81. The van der Waals surface area contributed by atoms with E-state index >= 15 is 0 Å². The lowest BCUT2D eigenvalue weighted by atomic mass is 10.1. The molecule has 4 N–H and O–H groups in total. The van der Waals surface area contributed by atoms with E-state index in [9.17, 15) is 24.6 Å². The fourth-order valence-electron chi connectivity index (χ4n) is 1.53. The van der Waals surface area contributed by atoms with E-state index in [1.165, 1.54) is 24.3 Å². The minimum atomic E-state index is -1.87. The van der Waals surface area contributed by atoms with Crippen LogP contribution in [0.3, 0.4) is 0 Å². The summed E-state index contributed by atoms with van der Waals surface area (Å²) in [5.74, 6) is -1.85. The van der Waals surface area contributed by atoms with E-state index in [1.807, 2.05) is 5.32 Å². The number of aliphatic hydroxyl groups is 1. The maximum Gasteiger partial charge on any atom is 0.356 e. The second-order valence-corrected chi connectivity index (χ2v) is 4.09. The Morgan fingerprint density at radius 2 is 1.55 bits per heavy atom. The van der Waals surface area contributed by atoms with Gasteiger partial charge in [0.2, 0.25) is 6.23 Å². The van der Waals surface area contributed by atoms with Crippen LogP contribution in [0.4, 0.5) is 4.79 Å². The van der Waals surface area contributed by atoms with Crippen LogP contribution in [0.1, 0.15) is 11.6 Å². The molecule has 2 unspecified atom stereocenters. The van der Waals surface area contributed by atoms with E-state index in [-0.39, 0.29) is 5.75 Å². The van der Waals surface area contributed by atoms with Crippen molar-refractivity contribution in [2.75, 3.05) is 14.2 Å². The van der Waals surface area contributed by atoms with Crippen molar-refractivity contribution < 1.29 is 34.1 Å². The van der Waals surface area contributed by atoms with Gasteiger partial charge in [0, 0.05) is 0 Å². The molecule has 2 amide bonds. The van der Waals surface area contributed by atoms with Crippen LogP contribution in [0.25, 0.3) is 0 Å². The number of rotatable bonds is 5. The first-order valence-electron chi connectivity index (χ1n) is 6.08. The van der Waals surface area contributed by atoms with Crippen molar-refractivity contribution >= 4 is 18.0 Å². The third-order valence-electron chi connectivity index (χ3n) is 2.63. The molecule has 0 radical (unpaired) electrons. The molecular weight excluding hydrogens is 296 g/mol. The van der Waals surface area contributed by atoms with Crippen LogP contribution in [0.5, 0.6) is 5.75 Å². The molecule has 0 bridgehead atoms. The number of aliphatic hydroxyl groups excluding tert-OH is 1. The molecule has 1 aromatic carbocycles. The van der Waals surface area contributed by atoms with Gasteiger partial charge in [-0.2, -0.15) is 0 Å². The lowest BCUT2D eigenvalue weighted by Gasteiger charge is -2.18. The summed E-state index contributed by atoms with van der Waals surface area (Å²) >= 11 is 0. The van der Waals surface area contributed by atoms with Crippen molar-refractivity contribution in [3.63, 3.8) is 0 Å². The third kappa shape index (κ3) is 4.63. The fraction of sp³-hybridized carbons (Fsp3) is 0.308. The Balaban J connectivity index is 2.82. The minimum Gasteiger partial charge on any atom is -0.508 e. The molecule has 22 heavy (non-hydrogen) atoms. The van der Waals surface area contributed by atoms with Crippen LogP contribution in [-0.4, -0.2) is 48.6 Å². The number of hydrogen-bond donors (Lipinski definition) is 4. The predicted octanol–water partition coefficient (Wildman–Crippen LogP) is -0.603. The zero-order valence-corrected chi connectivity index (χ0v) is 11.9. The highest BCUT2D eigenvalue weighted by molar-refractivity contribution is 5.87. The highest BCUT2D eigenvalue weighted by atomic mass is 16.5. The highest BCUT2D eigenvalue weighted by Crippen LogP contribution is 2.18. The Labute approximate surface area is 125 Å². The van der Waals surface area contributed by atoms with Gasteiger partial charge in [-0.05, 0) is 17.7 Å². The van der Waals surface area contributed by atoms with Crippen LogP contribution < -0.4 is 10.6 Å². The quantitative estimate of drug-likeness (QED) is 0.421. The standard InChI is InChI=1S/C13H16N2O7/c1-21-11(18)9(7-3-5-8(16)6-4-7)14-13(20)15-10(17)12(19)22-2/h3-6,9-10,16-17H,1-2H3,(H2,14,15,20). The molecule has 0 aromatic heterocycles. The number of carbonyl (C=O) groups excluding carboxylic acids is 3. The van der Waals surface area contributed by atoms with Crippen molar-refractivity contribution in [3.05, 3.63) is 29.8 Å². The Bertz CT molecular complexity index is 544. The van der Waals surface area contributed by atoms with Crippen molar-refractivity contribution in [1.29, 1.82) is 0 Å². The predicted molar refractivity (Wildman–Crippen MR) is 72.6 cm³/mol. The summed E-state index contributed by atoms with van der Waals surface area (Å²) in [7, 11) is 2.18. The molecule has 0 fully saturated rings. The largest absolute Gasteiger partial charge is 0.508 e. The molecule has 0 aliphatic carbocycles. The molecule has 0 aliphatic heterocycles. The molecule has 0 spiro atoms. The van der Waals surface area contributed by atoms with Crippen LogP contribution in [0.2, 0.25) is 0 Å². The van der Waals surface area contributed by atoms with Gasteiger partial charge in [0.25, 0.3) is 0 Å². The van der Waals surface area contributed by atoms with Gasteiger partial charge in [0.05, 0.1) is 14.2 Å². The first-order chi connectivity index (χ1) is 10.4. The number of ether oxygens (including phenoxy) is 2. The molecule has 0 heterocycles. The molecule has 120 valence electrons. The van der Waals surface area contributed by atoms with E-state index in [0.717, 1.165) is 14.2 Å². The summed E-state index contributed by atoms with van der Waals surface area (Å²) in [5, 5.41) is 22.7. The number of methoxy groups -OCH3 is 2. The van der Waals surface area contributed by atoms with Gasteiger partial charge >= 0.3 is 18.0 Å². The smallest absolute Gasteiger partial charge is 0.356 e. The summed E-state index contributed by atoms with van der Waals surface area (Å²) in [6.07, 6.45) is -1.87. The van der Waals surface area contributed by atoms with E-state index in [2.05, 4.69) is 14.8 Å². The average molecular weight is 312 g/mol. The number of aromatic hydroxyl groups is 1. The fourth-order valence-corrected chi connectivity index (χ4v) is 1.53. The van der Waals surface area contributed by atoms with Crippen LogP contribution in [0, 0.1) is 0 Å². The number of amides is 2. The van der Waals surface area contributed by atoms with E-state index in [4.69, 9.17) is 0 Å². The third-order valence-corrected chi connectivity index (χ3v) is 2.63. The number of nitrogens with one attached hydrogen (secondary N) is 2. The number of benzene rings is 1. The maximum atomic E-state index is 11.7. The van der Waals surface area contributed by atoms with Crippen LogP contribution in [-0.2, 0) is 19.1 Å². The van der Waals surface area contributed by atoms with Crippen LogP contribution >= 0.6 is 0 Å². The van der Waals surface area contributed by atoms with Gasteiger partial charge in [-0.3, -0.25) is 0 Å². The summed E-state index contributed by atoms with van der Waals surface area (Å²) in [5.41, 5.74) is 0.340. The molecular formula is C13H16N2O7. The normalized spacial score (nSPS) is 12.7. The summed E-state index contributed by atoms with van der Waals surface area (Å²) in [4.78, 5) is 34.4. The summed E-state index contributed by atoms with van der Waals surface area (Å²) < 4.78 is 8.81. The zero-order chi connectivity index (χ0) is 16.7. The number of hydrogen-bond acceptors (Lipinski definition) is 7. The number of carbonyl (C=O) groups is 3. The number of phenolic OH excluding ortho intramolecular Hbond substituents is 1. The van der Waals surface area contributed by atoms with Crippen molar-refractivity contribution in [1.82, 2.24) is 10.6 Å². The molecule has 9 nitrogen and oxygen atoms in total. The number of urea groups is 1. The van der Waals surface area contributed by atoms with Gasteiger partial charge in [-0.1, -0.05) is 12.1 Å². The molecule has 9 heteroatoms. The molecule has 0 aliphatic rings. The number of esters is 2. The molecule has 0 saturated heterocycles. The first kappa shape index (κ1) is 17.2. The van der Waals surface area contributed by atoms with E-state index in [0.29, 0.717) is 5.56 Å². The number of phenols is 1. The lowest BCUT2D eigenvalue weighted by molar-refractivity contribution is -0.151. The maximum absolute atomic E-state index is 11.7. The Morgan fingerprint density at radius 1 is 1.00 bits per heavy atom. The van der Waals surface area contributed by atoms with E-state index in [1.54, 1.807) is 0 Å². The zero-order valence-electron chi connectivity index (χ0n) is 11.9. The van der Waals surface area contributed by atoms with Gasteiger partial charge in [-0.15, -0.1) is 0 Å². The molecule has 1 aromatic rings. The Kier molecular flexibility index (Phi) is 6.14. The second-order valence-electron chi connectivity index (χ2n) is 4.09. The van der Waals surface area contributed by atoms with Crippen LogP contribution in [0.15, 0.2) is 24.3 Å². The van der Waals surface area contributed by atoms with Gasteiger partial charge in [0.1, 0.15) is 5.75 Å².